The normalized spacial score (nSPS) is 29.3. The first kappa shape index (κ1) is 14.1. The lowest BCUT2D eigenvalue weighted by Gasteiger charge is -2.20. The third-order valence-corrected chi connectivity index (χ3v) is 5.06. The van der Waals surface area contributed by atoms with Crippen LogP contribution in [0.3, 0.4) is 0 Å². The van der Waals surface area contributed by atoms with Crippen molar-refractivity contribution in [2.24, 2.45) is 0 Å². The van der Waals surface area contributed by atoms with Crippen LogP contribution in [0.25, 0.3) is 0 Å². The van der Waals surface area contributed by atoms with Crippen molar-refractivity contribution in [1.29, 1.82) is 0 Å². The molecular formula is C13H17O3S2. The molecule has 1 aliphatic rings. The fraction of sp³-hybridized carbons (Fsp3) is 0.538. The van der Waals surface area contributed by atoms with Crippen molar-refractivity contribution in [3.8, 4) is 0 Å². The molecule has 1 aliphatic heterocycles. The van der Waals surface area contributed by atoms with Crippen LogP contribution >= 0.6 is 12.6 Å². The zero-order chi connectivity index (χ0) is 13.0. The maximum atomic E-state index is 12.5. The summed E-state index contributed by atoms with van der Waals surface area (Å²) in [6, 6.07) is 9.46. The maximum Gasteiger partial charge on any atom is 0.100 e. The van der Waals surface area contributed by atoms with Gasteiger partial charge in [0, 0.05) is 17.8 Å². The lowest BCUT2D eigenvalue weighted by Crippen LogP contribution is -2.35. The van der Waals surface area contributed by atoms with E-state index < -0.39 is 10.8 Å². The molecule has 1 radical (unpaired) electrons. The van der Waals surface area contributed by atoms with E-state index in [1.165, 1.54) is 0 Å². The van der Waals surface area contributed by atoms with E-state index in [4.69, 9.17) is 22.1 Å². The van der Waals surface area contributed by atoms with Gasteiger partial charge in [-0.1, -0.05) is 30.8 Å². The smallest absolute Gasteiger partial charge is 0.100 e. The summed E-state index contributed by atoms with van der Waals surface area (Å²) in [4.78, 5) is 0.826. The predicted octanol–water partition coefficient (Wildman–Crippen LogP) is 2.16. The molecule has 1 saturated heterocycles. The van der Waals surface area contributed by atoms with Crippen molar-refractivity contribution in [1.82, 2.24) is 0 Å². The van der Waals surface area contributed by atoms with E-state index in [-0.39, 0.29) is 17.5 Å². The van der Waals surface area contributed by atoms with Crippen molar-refractivity contribution in [3.63, 3.8) is 0 Å². The van der Waals surface area contributed by atoms with Crippen LogP contribution in [-0.4, -0.2) is 41.1 Å². The Hall–Kier alpha value is -0.360. The van der Waals surface area contributed by atoms with Crippen LogP contribution in [0.4, 0.5) is 0 Å². The second kappa shape index (κ2) is 6.70. The lowest BCUT2D eigenvalue weighted by molar-refractivity contribution is 0.0156. The van der Waals surface area contributed by atoms with Gasteiger partial charge in [0.05, 0.1) is 28.8 Å². The summed E-state index contributed by atoms with van der Waals surface area (Å²) in [6.07, 6.45) is 0.621. The Kier molecular flexibility index (Phi) is 5.24. The summed E-state index contributed by atoms with van der Waals surface area (Å²) in [6.45, 7) is 0.472. The van der Waals surface area contributed by atoms with Crippen LogP contribution < -0.4 is 0 Å². The quantitative estimate of drug-likeness (QED) is 0.831. The minimum atomic E-state index is -1.10. The number of methoxy groups -OCH3 is 1. The molecule has 5 heteroatoms. The Morgan fingerprint density at radius 1 is 1.44 bits per heavy atom. The van der Waals surface area contributed by atoms with Crippen LogP contribution in [0.2, 0.25) is 0 Å². The number of benzene rings is 1. The van der Waals surface area contributed by atoms with Gasteiger partial charge >= 0.3 is 0 Å². The van der Waals surface area contributed by atoms with Crippen LogP contribution in [-0.2, 0) is 20.3 Å². The van der Waals surface area contributed by atoms with Crippen LogP contribution in [0.5, 0.6) is 0 Å². The molecule has 18 heavy (non-hydrogen) atoms. The second-order valence-corrected chi connectivity index (χ2v) is 6.29. The minimum Gasteiger partial charge on any atom is -0.377 e. The number of hydrogen-bond donors (Lipinski definition) is 0. The van der Waals surface area contributed by atoms with E-state index in [1.807, 2.05) is 30.3 Å². The van der Waals surface area contributed by atoms with E-state index >= 15 is 0 Å². The van der Waals surface area contributed by atoms with Gasteiger partial charge in [0.15, 0.2) is 0 Å². The molecule has 3 nitrogen and oxygen atoms in total. The maximum absolute atomic E-state index is 12.5. The predicted molar refractivity (Wildman–Crippen MR) is 74.3 cm³/mol. The van der Waals surface area contributed by atoms with Crippen molar-refractivity contribution in [2.75, 3.05) is 19.5 Å². The molecule has 1 aromatic carbocycles. The Labute approximate surface area is 116 Å². The van der Waals surface area contributed by atoms with Crippen molar-refractivity contribution in [2.45, 2.75) is 28.8 Å². The Morgan fingerprint density at radius 3 is 2.78 bits per heavy atom. The molecule has 1 unspecified atom stereocenters. The SMILES string of the molecule is CO[C@@H]1[C@@H](CC[S])OC[C@@H]1S(=O)c1ccccc1. The first-order valence-corrected chi connectivity index (χ1v) is 7.75. The molecule has 0 saturated carbocycles. The third kappa shape index (κ3) is 2.96. The molecule has 0 aromatic heterocycles. The van der Waals surface area contributed by atoms with Crippen LogP contribution in [0.15, 0.2) is 35.2 Å². The highest BCUT2D eigenvalue weighted by molar-refractivity contribution is 7.85. The van der Waals surface area contributed by atoms with Gasteiger partial charge in [-0.05, 0) is 18.6 Å². The van der Waals surface area contributed by atoms with E-state index in [1.54, 1.807) is 7.11 Å². The highest BCUT2D eigenvalue weighted by Crippen LogP contribution is 2.27. The Bertz CT molecular complexity index is 396. The summed E-state index contributed by atoms with van der Waals surface area (Å²) < 4.78 is 23.6. The summed E-state index contributed by atoms with van der Waals surface area (Å²) in [5.41, 5.74) is 0. The standard InChI is InChI=1S/C13H17O3S2/c1-15-13-11(7-8-17)16-9-12(13)18(14)10-5-3-2-4-6-10/h2-6,11-13H,7-9H2,1H3/t11-,12+,13-,18?/m1/s1. The molecule has 2 rings (SSSR count). The average Bonchev–Trinajstić information content (AvgIpc) is 2.82. The number of rotatable bonds is 5. The fourth-order valence-electron chi connectivity index (χ4n) is 2.23. The number of ether oxygens (including phenoxy) is 2. The zero-order valence-electron chi connectivity index (χ0n) is 10.3. The first-order chi connectivity index (χ1) is 8.77. The molecule has 1 fully saturated rings. The van der Waals surface area contributed by atoms with Gasteiger partial charge in [-0.15, -0.1) is 0 Å². The van der Waals surface area contributed by atoms with Crippen molar-refractivity contribution in [3.05, 3.63) is 30.3 Å². The largest absolute Gasteiger partial charge is 0.377 e. The first-order valence-electron chi connectivity index (χ1n) is 5.96. The van der Waals surface area contributed by atoms with E-state index in [2.05, 4.69) is 0 Å². The molecule has 1 aromatic rings. The van der Waals surface area contributed by atoms with Crippen LogP contribution in [0, 0.1) is 0 Å². The molecule has 4 atom stereocenters. The molecule has 0 bridgehead atoms. The van der Waals surface area contributed by atoms with Gasteiger partial charge in [0.25, 0.3) is 0 Å². The van der Waals surface area contributed by atoms with Gasteiger partial charge < -0.3 is 9.47 Å². The van der Waals surface area contributed by atoms with E-state index in [9.17, 15) is 4.21 Å². The summed E-state index contributed by atoms with van der Waals surface area (Å²) in [7, 11) is 0.547. The lowest BCUT2D eigenvalue weighted by atomic mass is 10.1. The second-order valence-electron chi connectivity index (χ2n) is 4.21. The molecule has 99 valence electrons. The van der Waals surface area contributed by atoms with E-state index in [0.717, 1.165) is 11.3 Å². The van der Waals surface area contributed by atoms with Crippen molar-refractivity contribution >= 4 is 23.4 Å². The molecule has 0 N–H and O–H groups in total. The molecule has 0 spiro atoms. The zero-order valence-corrected chi connectivity index (χ0v) is 11.9. The minimum absolute atomic E-state index is 0.0230. The van der Waals surface area contributed by atoms with Gasteiger partial charge in [0.1, 0.15) is 6.10 Å². The summed E-state index contributed by atoms with van der Waals surface area (Å²) in [5.74, 6) is 0.634. The highest BCUT2D eigenvalue weighted by atomic mass is 32.2. The summed E-state index contributed by atoms with van der Waals surface area (Å²) >= 11 is 4.98. The van der Waals surface area contributed by atoms with E-state index in [0.29, 0.717) is 12.4 Å². The molecule has 0 aliphatic carbocycles. The van der Waals surface area contributed by atoms with Gasteiger partial charge in [-0.25, -0.2) is 0 Å². The molecular weight excluding hydrogens is 268 g/mol. The fourth-order valence-corrected chi connectivity index (χ4v) is 3.97. The Morgan fingerprint density at radius 2 is 2.17 bits per heavy atom. The monoisotopic (exact) mass is 285 g/mol. The Balaban J connectivity index is 2.11. The molecule has 1 heterocycles. The third-order valence-electron chi connectivity index (χ3n) is 3.13. The van der Waals surface area contributed by atoms with Gasteiger partial charge in [-0.3, -0.25) is 4.21 Å². The van der Waals surface area contributed by atoms with Gasteiger partial charge in [-0.2, -0.15) is 0 Å². The highest BCUT2D eigenvalue weighted by Gasteiger charge is 2.40. The molecule has 0 amide bonds. The average molecular weight is 285 g/mol. The van der Waals surface area contributed by atoms with Gasteiger partial charge in [0.2, 0.25) is 0 Å². The topological polar surface area (TPSA) is 35.5 Å². The number of hydrogen-bond acceptors (Lipinski definition) is 3. The van der Waals surface area contributed by atoms with Crippen molar-refractivity contribution < 1.29 is 13.7 Å². The van der Waals surface area contributed by atoms with Crippen LogP contribution in [0.1, 0.15) is 6.42 Å². The summed E-state index contributed by atoms with van der Waals surface area (Å²) in [5, 5.41) is -0.107.